The fourth-order valence-corrected chi connectivity index (χ4v) is 10.7. The van der Waals surface area contributed by atoms with Crippen molar-refractivity contribution >= 4 is 49.9 Å². The summed E-state index contributed by atoms with van der Waals surface area (Å²) in [5.41, 5.74) is 19.5. The molecule has 0 amide bonds. The minimum atomic E-state index is 0.362. The smallest absolute Gasteiger partial charge is 0.168 e. The maximum Gasteiger partial charge on any atom is 0.168 e. The maximum atomic E-state index is 5.19. The zero-order valence-corrected chi connectivity index (χ0v) is 40.5. The molecule has 0 saturated carbocycles. The number of hydrogen-bond acceptors (Lipinski definition) is 2. The summed E-state index contributed by atoms with van der Waals surface area (Å²) >= 11 is 0. The van der Waals surface area contributed by atoms with Crippen LogP contribution in [-0.2, 0) is 0 Å². The zero-order chi connectivity index (χ0) is 48.0. The van der Waals surface area contributed by atoms with Crippen molar-refractivity contribution in [2.45, 2.75) is 39.5 Å². The number of para-hydroxylation sites is 5. The molecule has 12 aromatic rings. The quantitative estimate of drug-likeness (QED) is 0.121. The first-order chi connectivity index (χ1) is 34.9. The fourth-order valence-electron chi connectivity index (χ4n) is 10.7. The van der Waals surface area contributed by atoms with Crippen molar-refractivity contribution in [3.05, 3.63) is 254 Å². The molecule has 3 heterocycles. The van der Waals surface area contributed by atoms with Gasteiger partial charge in [0.2, 0.25) is 0 Å². The van der Waals surface area contributed by atoms with Gasteiger partial charge in [-0.2, -0.15) is 9.13 Å². The molecule has 0 aliphatic rings. The molecule has 9 aromatic carbocycles. The van der Waals surface area contributed by atoms with Crippen LogP contribution >= 0.6 is 0 Å². The standard InChI is InChI=1S/C66H54N5/c1-45(2)54-30-19-31-55(46(3)4)65(54)49-39-40-67-64(41-49)71-60-34-15-14-29-58(60)59-38-37-53(43-63(59)71)70(66-56(47-21-8-5-9-22-47)32-20-33-57(66)48-23-10-6-11-24-48)52-28-18-27-51(42-52)69-44-68(50-25-12-7-13-26-50)61-35-16-17-36-62(61)69/h5-46H,1-4H3/q+1. The second-order valence-electron chi connectivity index (χ2n) is 19.0. The van der Waals surface area contributed by atoms with Gasteiger partial charge in [0.25, 0.3) is 0 Å². The minimum absolute atomic E-state index is 0.362. The van der Waals surface area contributed by atoms with E-state index in [4.69, 9.17) is 4.98 Å². The highest BCUT2D eigenvalue weighted by Crippen LogP contribution is 2.48. The van der Waals surface area contributed by atoms with E-state index >= 15 is 0 Å². The normalized spacial score (nSPS) is 11.6. The SMILES string of the molecule is CC(C)c1cccc(C(C)C)c1-c1ccnc(-n2c3ccccc3c3ccc(N(c4cccc(-n5[cH+]n(-c6ccccc6)c6ccccc65)c4)c4c(-c5ccccc5)cccc4-c4ccccc4)cc32)c1. The van der Waals surface area contributed by atoms with Gasteiger partial charge >= 0.3 is 0 Å². The van der Waals surface area contributed by atoms with Gasteiger partial charge in [-0.05, 0) is 99.8 Å². The maximum absolute atomic E-state index is 5.19. The van der Waals surface area contributed by atoms with Crippen LogP contribution in [0.5, 0.6) is 0 Å². The number of aromatic nitrogens is 4. The van der Waals surface area contributed by atoms with Crippen LogP contribution in [0.2, 0.25) is 0 Å². The molecule has 0 N–H and O–H groups in total. The van der Waals surface area contributed by atoms with Crippen LogP contribution in [0.25, 0.3) is 83.4 Å². The first-order valence-electron chi connectivity index (χ1n) is 24.8. The molecule has 0 radical (unpaired) electrons. The number of nitrogens with zero attached hydrogens (tertiary/aromatic N) is 5. The highest BCUT2D eigenvalue weighted by atomic mass is 15.2. The number of anilines is 3. The molecule has 5 nitrogen and oxygen atoms in total. The Morgan fingerprint density at radius 3 is 1.58 bits per heavy atom. The van der Waals surface area contributed by atoms with E-state index in [2.05, 4.69) is 283 Å². The van der Waals surface area contributed by atoms with Crippen molar-refractivity contribution < 1.29 is 0 Å². The third-order valence-electron chi connectivity index (χ3n) is 14.0. The summed E-state index contributed by atoms with van der Waals surface area (Å²) < 4.78 is 6.96. The highest BCUT2D eigenvalue weighted by molar-refractivity contribution is 6.11. The number of rotatable bonds is 11. The van der Waals surface area contributed by atoms with Crippen LogP contribution in [0.4, 0.5) is 17.1 Å². The Morgan fingerprint density at radius 1 is 0.408 bits per heavy atom. The van der Waals surface area contributed by atoms with Gasteiger partial charge in [-0.1, -0.05) is 185 Å². The molecule has 0 fully saturated rings. The average molecular weight is 917 g/mol. The van der Waals surface area contributed by atoms with E-state index in [1.807, 2.05) is 6.20 Å². The topological polar surface area (TPSA) is 30.9 Å². The second-order valence-corrected chi connectivity index (χ2v) is 19.0. The van der Waals surface area contributed by atoms with Crippen LogP contribution in [0.15, 0.2) is 243 Å². The molecule has 0 saturated heterocycles. The van der Waals surface area contributed by atoms with Gasteiger partial charge in [0, 0.05) is 52.0 Å². The van der Waals surface area contributed by atoms with Crippen LogP contribution < -0.4 is 4.90 Å². The van der Waals surface area contributed by atoms with E-state index in [-0.39, 0.29) is 0 Å². The van der Waals surface area contributed by atoms with Gasteiger partial charge in [-0.15, -0.1) is 0 Å². The molecular weight excluding hydrogens is 863 g/mol. The van der Waals surface area contributed by atoms with Crippen LogP contribution in [0, 0.1) is 0 Å². The third-order valence-corrected chi connectivity index (χ3v) is 14.0. The van der Waals surface area contributed by atoms with E-state index in [0.29, 0.717) is 11.8 Å². The molecule has 0 aliphatic heterocycles. The lowest BCUT2D eigenvalue weighted by Crippen LogP contribution is -2.13. The Hall–Kier alpha value is -8.80. The molecule has 342 valence electrons. The lowest BCUT2D eigenvalue weighted by Gasteiger charge is -2.30. The van der Waals surface area contributed by atoms with Crippen molar-refractivity contribution in [3.63, 3.8) is 0 Å². The van der Waals surface area contributed by atoms with Gasteiger partial charge in [0.05, 0.1) is 22.4 Å². The van der Waals surface area contributed by atoms with E-state index < -0.39 is 0 Å². The van der Waals surface area contributed by atoms with Crippen LogP contribution in [0.3, 0.4) is 0 Å². The van der Waals surface area contributed by atoms with Crippen molar-refractivity contribution in [1.82, 2.24) is 18.7 Å². The van der Waals surface area contributed by atoms with E-state index in [1.54, 1.807) is 0 Å². The molecule has 0 spiro atoms. The molecule has 0 bridgehead atoms. The average Bonchev–Trinajstić information content (AvgIpc) is 3.98. The van der Waals surface area contributed by atoms with Gasteiger partial charge in [0.15, 0.2) is 17.4 Å². The molecule has 12 rings (SSSR count). The van der Waals surface area contributed by atoms with E-state index in [0.717, 1.165) is 78.6 Å². The van der Waals surface area contributed by atoms with Gasteiger partial charge < -0.3 is 4.90 Å². The summed E-state index contributed by atoms with van der Waals surface area (Å²) in [6, 6.07) is 83.6. The predicted molar refractivity (Wildman–Crippen MR) is 298 cm³/mol. The van der Waals surface area contributed by atoms with Crippen molar-refractivity contribution in [3.8, 4) is 50.6 Å². The lowest BCUT2D eigenvalue weighted by molar-refractivity contribution is 0.838. The largest absolute Gasteiger partial charge is 0.308 e. The highest BCUT2D eigenvalue weighted by Gasteiger charge is 2.26. The monoisotopic (exact) mass is 916 g/mol. The summed E-state index contributed by atoms with van der Waals surface area (Å²) in [5, 5.41) is 2.35. The van der Waals surface area contributed by atoms with E-state index in [1.165, 1.54) is 33.0 Å². The second kappa shape index (κ2) is 18.3. The summed E-state index contributed by atoms with van der Waals surface area (Å²) in [6.07, 6.45) is 4.20. The number of benzene rings is 9. The Bertz CT molecular complexity index is 3800. The molecule has 3 aromatic heterocycles. The van der Waals surface area contributed by atoms with Crippen molar-refractivity contribution in [2.75, 3.05) is 4.90 Å². The van der Waals surface area contributed by atoms with Gasteiger partial charge in [-0.3, -0.25) is 4.57 Å². The Balaban J connectivity index is 1.13. The molecule has 0 unspecified atom stereocenters. The fraction of sp³-hybridized carbons (Fsp3) is 0.0909. The van der Waals surface area contributed by atoms with Crippen LogP contribution in [0.1, 0.15) is 50.7 Å². The first kappa shape index (κ1) is 43.5. The summed E-state index contributed by atoms with van der Waals surface area (Å²) in [7, 11) is 0. The number of pyridine rings is 1. The first-order valence-corrected chi connectivity index (χ1v) is 24.8. The molecular formula is C66H54N5+. The molecule has 0 atom stereocenters. The van der Waals surface area contributed by atoms with Crippen molar-refractivity contribution in [1.29, 1.82) is 0 Å². The zero-order valence-electron chi connectivity index (χ0n) is 40.5. The Labute approximate surface area is 415 Å². The lowest BCUT2D eigenvalue weighted by atomic mass is 9.85. The van der Waals surface area contributed by atoms with Gasteiger partial charge in [-0.25, -0.2) is 4.98 Å². The minimum Gasteiger partial charge on any atom is -0.308 e. The summed E-state index contributed by atoms with van der Waals surface area (Å²) in [5.74, 6) is 1.61. The molecule has 71 heavy (non-hydrogen) atoms. The third kappa shape index (κ3) is 7.76. The Kier molecular flexibility index (Phi) is 11.2. The molecule has 0 aliphatic carbocycles. The predicted octanol–water partition coefficient (Wildman–Crippen LogP) is 17.9. The Morgan fingerprint density at radius 2 is 0.930 bits per heavy atom. The number of fused-ring (bicyclic) bond motifs is 4. The summed E-state index contributed by atoms with van der Waals surface area (Å²) in [6.45, 7) is 9.17. The summed E-state index contributed by atoms with van der Waals surface area (Å²) in [4.78, 5) is 7.67. The van der Waals surface area contributed by atoms with E-state index in [9.17, 15) is 0 Å². The molecule has 5 heteroatoms. The van der Waals surface area contributed by atoms with Crippen molar-refractivity contribution in [2.24, 2.45) is 0 Å². The number of hydrogen-bond donors (Lipinski definition) is 0. The van der Waals surface area contributed by atoms with Crippen LogP contribution in [-0.4, -0.2) is 18.7 Å². The van der Waals surface area contributed by atoms with Gasteiger partial charge in [0.1, 0.15) is 17.2 Å². The number of imidazole rings is 1.